The summed E-state index contributed by atoms with van der Waals surface area (Å²) in [6.45, 7) is 0. The van der Waals surface area contributed by atoms with Crippen molar-refractivity contribution in [3.63, 3.8) is 0 Å². The molecule has 8 aromatic carbocycles. The molecule has 0 heterocycles. The molecule has 1 nitrogen and oxygen atoms in total. The first-order valence-corrected chi connectivity index (χ1v) is 17.1. The summed E-state index contributed by atoms with van der Waals surface area (Å²) in [5.41, 5.74) is 12.0. The molecule has 50 heavy (non-hydrogen) atoms. The van der Waals surface area contributed by atoms with Gasteiger partial charge in [-0.1, -0.05) is 164 Å². The lowest BCUT2D eigenvalue weighted by molar-refractivity contribution is 0.837. The Hall–Kier alpha value is -6.62. The minimum atomic E-state index is -0.667. The molecule has 1 atom stereocenters. The van der Waals surface area contributed by atoms with E-state index in [1.807, 2.05) is 0 Å². The lowest BCUT2D eigenvalue weighted by Gasteiger charge is -2.30. The third-order valence-corrected chi connectivity index (χ3v) is 9.89. The van der Waals surface area contributed by atoms with Gasteiger partial charge in [-0.25, -0.2) is 0 Å². The maximum Gasteiger partial charge on any atom is 0.108 e. The summed E-state index contributed by atoms with van der Waals surface area (Å²) in [6.07, 6.45) is 0. The monoisotopic (exact) mass is 635 g/mol. The number of nitrogens with zero attached hydrogens (tertiary/aromatic N) is 1. The van der Waals surface area contributed by atoms with Crippen molar-refractivity contribution in [2.45, 2.75) is 5.41 Å². The van der Waals surface area contributed by atoms with Crippen molar-refractivity contribution in [2.75, 3.05) is 4.90 Å². The highest BCUT2D eigenvalue weighted by molar-refractivity contribution is 5.97. The zero-order chi connectivity index (χ0) is 33.3. The van der Waals surface area contributed by atoms with Crippen LogP contribution in [-0.4, -0.2) is 0 Å². The van der Waals surface area contributed by atoms with Crippen molar-refractivity contribution < 1.29 is 0 Å². The molecule has 0 saturated carbocycles. The van der Waals surface area contributed by atoms with E-state index in [1.54, 1.807) is 0 Å². The molecule has 1 unspecified atom stereocenters. The van der Waals surface area contributed by atoms with Crippen molar-refractivity contribution in [1.82, 2.24) is 0 Å². The van der Waals surface area contributed by atoms with E-state index >= 15 is 0 Å². The molecule has 1 aliphatic rings. The second kappa shape index (κ2) is 12.4. The van der Waals surface area contributed by atoms with E-state index in [2.05, 4.69) is 217 Å². The van der Waals surface area contributed by atoms with Gasteiger partial charge in [0.15, 0.2) is 0 Å². The molecule has 0 spiro atoms. The van der Waals surface area contributed by atoms with Gasteiger partial charge >= 0.3 is 0 Å². The van der Waals surface area contributed by atoms with Crippen LogP contribution in [0.5, 0.6) is 0 Å². The van der Waals surface area contributed by atoms with Crippen molar-refractivity contribution in [1.29, 1.82) is 0 Å². The molecule has 0 fully saturated rings. The Labute approximate surface area is 293 Å². The van der Waals surface area contributed by atoms with Crippen molar-refractivity contribution in [3.05, 3.63) is 222 Å². The summed E-state index contributed by atoms with van der Waals surface area (Å²) in [5.74, 6) is 7.57. The van der Waals surface area contributed by atoms with Crippen LogP contribution in [0.4, 0.5) is 17.1 Å². The summed E-state index contributed by atoms with van der Waals surface area (Å²) < 4.78 is 0. The Morgan fingerprint density at radius 3 is 1.72 bits per heavy atom. The molecule has 0 aromatic heterocycles. The highest BCUT2D eigenvalue weighted by atomic mass is 15.1. The fourth-order valence-corrected chi connectivity index (χ4v) is 7.56. The maximum atomic E-state index is 3.90. The zero-order valence-corrected chi connectivity index (χ0v) is 27.5. The van der Waals surface area contributed by atoms with Gasteiger partial charge in [-0.3, -0.25) is 0 Å². The molecule has 9 rings (SSSR count). The number of para-hydroxylation sites is 2. The fraction of sp³-hybridized carbons (Fsp3) is 0.0204. The first-order chi connectivity index (χ1) is 24.8. The SMILES string of the molecule is C(#CC1(c2ccccc2)c2ccccc2-c2c(N(c3ccccc3)c3ccccc3)cccc21)c1ccc(-c2ccc3ccccc3c2)cc1. The molecular weight excluding hydrogens is 603 g/mol. The van der Waals surface area contributed by atoms with E-state index in [0.29, 0.717) is 0 Å². The highest BCUT2D eigenvalue weighted by Crippen LogP contribution is 2.56. The van der Waals surface area contributed by atoms with E-state index in [-0.39, 0.29) is 0 Å². The third-order valence-electron chi connectivity index (χ3n) is 9.89. The molecule has 0 aliphatic heterocycles. The molecule has 0 radical (unpaired) electrons. The van der Waals surface area contributed by atoms with Gasteiger partial charge in [-0.15, -0.1) is 0 Å². The van der Waals surface area contributed by atoms with Crippen LogP contribution in [0, 0.1) is 11.8 Å². The number of hydrogen-bond acceptors (Lipinski definition) is 1. The summed E-state index contributed by atoms with van der Waals surface area (Å²) in [5, 5.41) is 2.50. The van der Waals surface area contributed by atoms with Crippen LogP contribution in [0.25, 0.3) is 33.0 Å². The molecule has 234 valence electrons. The van der Waals surface area contributed by atoms with Crippen LogP contribution >= 0.6 is 0 Å². The van der Waals surface area contributed by atoms with Crippen molar-refractivity contribution >= 4 is 27.8 Å². The van der Waals surface area contributed by atoms with Crippen LogP contribution in [-0.2, 0) is 5.41 Å². The van der Waals surface area contributed by atoms with Crippen molar-refractivity contribution in [2.24, 2.45) is 0 Å². The van der Waals surface area contributed by atoms with Crippen LogP contribution in [0.15, 0.2) is 200 Å². The average molecular weight is 636 g/mol. The molecule has 8 aromatic rings. The number of benzene rings is 8. The Balaban J connectivity index is 1.22. The second-order valence-electron chi connectivity index (χ2n) is 12.8. The van der Waals surface area contributed by atoms with Crippen LogP contribution in [0.3, 0.4) is 0 Å². The standard InChI is InChI=1S/C49H33N/c1-4-17-41(18-5-1)49(34-33-36-27-29-38(30-28-36)40-32-31-37-15-10-11-16-39(37)35-40)45-24-13-12-23-44(45)48-46(49)25-14-26-47(48)50(42-19-6-2-7-20-42)43-21-8-3-9-22-43/h1-32,35H. The first-order valence-electron chi connectivity index (χ1n) is 17.1. The van der Waals surface area contributed by atoms with Gasteiger partial charge in [0.25, 0.3) is 0 Å². The molecular formula is C49H33N. The molecule has 0 bridgehead atoms. The second-order valence-corrected chi connectivity index (χ2v) is 12.8. The Kier molecular flexibility index (Phi) is 7.34. The molecule has 0 N–H and O–H groups in total. The Morgan fingerprint density at radius 2 is 1.00 bits per heavy atom. The quantitative estimate of drug-likeness (QED) is 0.170. The molecule has 0 amide bonds. The molecule has 0 saturated heterocycles. The summed E-state index contributed by atoms with van der Waals surface area (Å²) in [7, 11) is 0. The number of hydrogen-bond donors (Lipinski definition) is 0. The minimum absolute atomic E-state index is 0.667. The largest absolute Gasteiger partial charge is 0.310 e. The lowest BCUT2D eigenvalue weighted by atomic mass is 9.73. The maximum absolute atomic E-state index is 3.90. The van der Waals surface area contributed by atoms with Gasteiger partial charge in [0.1, 0.15) is 5.41 Å². The van der Waals surface area contributed by atoms with Gasteiger partial charge in [0, 0.05) is 22.5 Å². The third kappa shape index (κ3) is 4.98. The van der Waals surface area contributed by atoms with Gasteiger partial charge in [0.2, 0.25) is 0 Å². The normalized spacial score (nSPS) is 14.3. The molecule has 1 aliphatic carbocycles. The van der Waals surface area contributed by atoms with E-state index in [0.717, 1.165) is 28.2 Å². The van der Waals surface area contributed by atoms with Crippen LogP contribution in [0.1, 0.15) is 22.3 Å². The smallest absolute Gasteiger partial charge is 0.108 e. The summed E-state index contributed by atoms with van der Waals surface area (Å²) in [4.78, 5) is 2.37. The zero-order valence-electron chi connectivity index (χ0n) is 27.5. The predicted molar refractivity (Wildman–Crippen MR) is 209 cm³/mol. The minimum Gasteiger partial charge on any atom is -0.310 e. The van der Waals surface area contributed by atoms with Crippen molar-refractivity contribution in [3.8, 4) is 34.1 Å². The topological polar surface area (TPSA) is 3.24 Å². The van der Waals surface area contributed by atoms with Gasteiger partial charge in [-0.2, -0.15) is 0 Å². The van der Waals surface area contributed by atoms with Gasteiger partial charge in [0.05, 0.1) is 5.69 Å². The Bertz CT molecular complexity index is 2480. The summed E-state index contributed by atoms with van der Waals surface area (Å²) in [6, 6.07) is 71.4. The fourth-order valence-electron chi connectivity index (χ4n) is 7.56. The predicted octanol–water partition coefficient (Wildman–Crippen LogP) is 12.3. The van der Waals surface area contributed by atoms with Crippen LogP contribution in [0.2, 0.25) is 0 Å². The number of rotatable bonds is 5. The van der Waals surface area contributed by atoms with E-state index in [9.17, 15) is 0 Å². The number of fused-ring (bicyclic) bond motifs is 4. The summed E-state index contributed by atoms with van der Waals surface area (Å²) >= 11 is 0. The van der Waals surface area contributed by atoms with Gasteiger partial charge in [-0.05, 0) is 92.7 Å². The van der Waals surface area contributed by atoms with E-state index in [1.165, 1.54) is 44.2 Å². The number of anilines is 3. The first kappa shape index (κ1) is 29.5. The van der Waals surface area contributed by atoms with Crippen LogP contribution < -0.4 is 4.90 Å². The van der Waals surface area contributed by atoms with Gasteiger partial charge < -0.3 is 4.90 Å². The average Bonchev–Trinajstić information content (AvgIpc) is 3.49. The molecule has 1 heteroatoms. The highest BCUT2D eigenvalue weighted by Gasteiger charge is 2.45. The Morgan fingerprint density at radius 1 is 0.420 bits per heavy atom. The van der Waals surface area contributed by atoms with E-state index in [4.69, 9.17) is 0 Å². The lowest BCUT2D eigenvalue weighted by Crippen LogP contribution is -2.25. The van der Waals surface area contributed by atoms with E-state index < -0.39 is 5.41 Å².